The molecule has 5 nitrogen and oxygen atoms in total. The summed E-state index contributed by atoms with van der Waals surface area (Å²) in [6.07, 6.45) is 4.27. The molecule has 2 fully saturated rings. The van der Waals surface area contributed by atoms with E-state index < -0.39 is 9.84 Å². The van der Waals surface area contributed by atoms with E-state index in [4.69, 9.17) is 0 Å². The predicted molar refractivity (Wildman–Crippen MR) is 82.7 cm³/mol. The van der Waals surface area contributed by atoms with Crippen LogP contribution >= 0.6 is 15.9 Å². The zero-order valence-electron chi connectivity index (χ0n) is 11.2. The van der Waals surface area contributed by atoms with Crippen LogP contribution in [0.15, 0.2) is 16.7 Å². The van der Waals surface area contributed by atoms with Crippen molar-refractivity contribution in [2.75, 3.05) is 29.5 Å². The zero-order chi connectivity index (χ0) is 14.2. The number of halogens is 1. The summed E-state index contributed by atoms with van der Waals surface area (Å²) in [5, 5.41) is 3.49. The Balaban J connectivity index is 1.77. The third kappa shape index (κ3) is 3.51. The van der Waals surface area contributed by atoms with Gasteiger partial charge in [0.2, 0.25) is 0 Å². The molecule has 1 aromatic heterocycles. The van der Waals surface area contributed by atoms with Gasteiger partial charge in [-0.2, -0.15) is 0 Å². The molecule has 20 heavy (non-hydrogen) atoms. The largest absolute Gasteiger partial charge is 0.354 e. The van der Waals surface area contributed by atoms with Gasteiger partial charge in [-0.1, -0.05) is 0 Å². The highest BCUT2D eigenvalue weighted by molar-refractivity contribution is 9.10. The molecule has 0 aromatic carbocycles. The van der Waals surface area contributed by atoms with E-state index in [1.54, 1.807) is 6.20 Å². The maximum absolute atomic E-state index is 11.5. The summed E-state index contributed by atoms with van der Waals surface area (Å²) >= 11 is 3.46. The Morgan fingerprint density at radius 1 is 1.35 bits per heavy atom. The third-order valence-electron chi connectivity index (χ3n) is 3.71. The molecule has 3 rings (SSSR count). The molecule has 0 radical (unpaired) electrons. The highest BCUT2D eigenvalue weighted by Gasteiger charge is 2.25. The quantitative estimate of drug-likeness (QED) is 0.878. The highest BCUT2D eigenvalue weighted by Crippen LogP contribution is 2.25. The van der Waals surface area contributed by atoms with Crippen molar-refractivity contribution >= 4 is 31.6 Å². The summed E-state index contributed by atoms with van der Waals surface area (Å²) in [4.78, 5) is 6.57. The van der Waals surface area contributed by atoms with Gasteiger partial charge in [-0.25, -0.2) is 13.4 Å². The normalized spacial score (nSPS) is 21.9. The average molecular weight is 360 g/mol. The Morgan fingerprint density at radius 3 is 2.70 bits per heavy atom. The van der Waals surface area contributed by atoms with Crippen molar-refractivity contribution in [3.63, 3.8) is 0 Å². The van der Waals surface area contributed by atoms with Crippen molar-refractivity contribution < 1.29 is 8.42 Å². The lowest BCUT2D eigenvalue weighted by molar-refractivity contribution is 0.585. The number of rotatable bonds is 4. The molecule has 2 aliphatic rings. The van der Waals surface area contributed by atoms with Crippen LogP contribution in [-0.4, -0.2) is 44.0 Å². The molecule has 0 spiro atoms. The minimum Gasteiger partial charge on any atom is -0.354 e. The van der Waals surface area contributed by atoms with Gasteiger partial charge in [0, 0.05) is 41.9 Å². The lowest BCUT2D eigenvalue weighted by Crippen LogP contribution is -2.41. The first-order valence-corrected chi connectivity index (χ1v) is 9.48. The smallest absolute Gasteiger partial charge is 0.153 e. The maximum Gasteiger partial charge on any atom is 0.153 e. The van der Waals surface area contributed by atoms with Gasteiger partial charge < -0.3 is 10.2 Å². The monoisotopic (exact) mass is 359 g/mol. The number of hydrogen-bond donors (Lipinski definition) is 1. The number of aromatic nitrogens is 1. The second-order valence-corrected chi connectivity index (χ2v) is 8.65. The molecule has 0 amide bonds. The Labute approximate surface area is 127 Å². The van der Waals surface area contributed by atoms with Crippen LogP contribution in [0.5, 0.6) is 0 Å². The van der Waals surface area contributed by atoms with Gasteiger partial charge in [0.05, 0.1) is 11.5 Å². The molecule has 0 bridgehead atoms. The highest BCUT2D eigenvalue weighted by atomic mass is 79.9. The van der Waals surface area contributed by atoms with E-state index in [-0.39, 0.29) is 11.5 Å². The van der Waals surface area contributed by atoms with Crippen LogP contribution in [0.25, 0.3) is 0 Å². The minimum atomic E-state index is -2.85. The van der Waals surface area contributed by atoms with Crippen molar-refractivity contribution in [3.05, 3.63) is 22.3 Å². The minimum absolute atomic E-state index is 0.222. The molecule has 0 atom stereocenters. The van der Waals surface area contributed by atoms with E-state index in [1.165, 1.54) is 12.8 Å². The van der Waals surface area contributed by atoms with Gasteiger partial charge in [-0.05, 0) is 34.8 Å². The molecule has 1 aliphatic heterocycles. The number of anilines is 1. The molecule has 110 valence electrons. The van der Waals surface area contributed by atoms with Gasteiger partial charge in [0.15, 0.2) is 9.84 Å². The average Bonchev–Trinajstić information content (AvgIpc) is 3.21. The molecule has 1 aromatic rings. The molecule has 1 aliphatic carbocycles. The Hall–Kier alpha value is -0.660. The Bertz CT molecular complexity index is 588. The van der Waals surface area contributed by atoms with Crippen LogP contribution in [0.3, 0.4) is 0 Å². The van der Waals surface area contributed by atoms with Crippen molar-refractivity contribution in [3.8, 4) is 0 Å². The van der Waals surface area contributed by atoms with E-state index >= 15 is 0 Å². The van der Waals surface area contributed by atoms with E-state index in [0.29, 0.717) is 19.1 Å². The summed E-state index contributed by atoms with van der Waals surface area (Å²) in [6, 6.07) is 2.71. The number of sulfone groups is 1. The topological polar surface area (TPSA) is 62.3 Å². The van der Waals surface area contributed by atoms with Gasteiger partial charge in [0.25, 0.3) is 0 Å². The standard InChI is InChI=1S/C13H18BrN3O2S/c14-11-7-10(8-15-12-1-2-12)13(16-9-11)17-3-5-20(18,19)6-4-17/h7,9,12,15H,1-6,8H2. The zero-order valence-corrected chi connectivity index (χ0v) is 13.6. The van der Waals surface area contributed by atoms with Crippen LogP contribution < -0.4 is 10.2 Å². The van der Waals surface area contributed by atoms with Gasteiger partial charge in [-0.3, -0.25) is 0 Å². The first-order valence-electron chi connectivity index (χ1n) is 6.87. The first-order chi connectivity index (χ1) is 9.53. The van der Waals surface area contributed by atoms with E-state index in [9.17, 15) is 8.42 Å². The molecular formula is C13H18BrN3O2S. The Morgan fingerprint density at radius 2 is 2.05 bits per heavy atom. The van der Waals surface area contributed by atoms with Gasteiger partial charge in [0.1, 0.15) is 5.82 Å². The third-order valence-corrected chi connectivity index (χ3v) is 5.75. The molecule has 1 saturated heterocycles. The summed E-state index contributed by atoms with van der Waals surface area (Å²) in [6.45, 7) is 1.86. The lowest BCUT2D eigenvalue weighted by atomic mass is 10.2. The van der Waals surface area contributed by atoms with Gasteiger partial charge >= 0.3 is 0 Å². The van der Waals surface area contributed by atoms with Crippen molar-refractivity contribution in [1.82, 2.24) is 10.3 Å². The van der Waals surface area contributed by atoms with Crippen LogP contribution in [0, 0.1) is 0 Å². The van der Waals surface area contributed by atoms with Crippen LogP contribution in [-0.2, 0) is 16.4 Å². The van der Waals surface area contributed by atoms with Crippen LogP contribution in [0.4, 0.5) is 5.82 Å². The summed E-state index contributed by atoms with van der Waals surface area (Å²) in [7, 11) is -2.85. The van der Waals surface area contributed by atoms with E-state index in [1.807, 2.05) is 0 Å². The first kappa shape index (κ1) is 14.3. The molecule has 2 heterocycles. The van der Waals surface area contributed by atoms with Gasteiger partial charge in [-0.15, -0.1) is 0 Å². The van der Waals surface area contributed by atoms with E-state index in [2.05, 4.69) is 37.2 Å². The summed E-state index contributed by atoms with van der Waals surface area (Å²) < 4.78 is 24.0. The number of nitrogens with one attached hydrogen (secondary N) is 1. The van der Waals surface area contributed by atoms with Crippen LogP contribution in [0.2, 0.25) is 0 Å². The molecule has 7 heteroatoms. The maximum atomic E-state index is 11.5. The fourth-order valence-electron chi connectivity index (χ4n) is 2.35. The second-order valence-electron chi connectivity index (χ2n) is 5.43. The Kier molecular flexibility index (Phi) is 4.01. The van der Waals surface area contributed by atoms with Crippen molar-refractivity contribution in [2.24, 2.45) is 0 Å². The summed E-state index contributed by atoms with van der Waals surface area (Å²) in [5.41, 5.74) is 1.13. The summed E-state index contributed by atoms with van der Waals surface area (Å²) in [5.74, 6) is 1.36. The number of hydrogen-bond acceptors (Lipinski definition) is 5. The van der Waals surface area contributed by atoms with E-state index in [0.717, 1.165) is 22.4 Å². The molecule has 0 unspecified atom stereocenters. The fourth-order valence-corrected chi connectivity index (χ4v) is 3.93. The SMILES string of the molecule is O=S1(=O)CCN(c2ncc(Br)cc2CNC2CC2)CC1. The van der Waals surface area contributed by atoms with Crippen LogP contribution in [0.1, 0.15) is 18.4 Å². The molecular weight excluding hydrogens is 342 g/mol. The lowest BCUT2D eigenvalue weighted by Gasteiger charge is -2.29. The number of nitrogens with zero attached hydrogens (tertiary/aromatic N) is 2. The fraction of sp³-hybridized carbons (Fsp3) is 0.615. The molecule has 1 saturated carbocycles. The van der Waals surface area contributed by atoms with Crippen molar-refractivity contribution in [1.29, 1.82) is 0 Å². The predicted octanol–water partition coefficient (Wildman–Crippen LogP) is 1.33. The molecule has 1 N–H and O–H groups in total. The number of pyridine rings is 1. The van der Waals surface area contributed by atoms with Crippen molar-refractivity contribution in [2.45, 2.75) is 25.4 Å². The second kappa shape index (κ2) is 5.61.